The molecule has 0 spiro atoms. The van der Waals surface area contributed by atoms with Crippen molar-refractivity contribution in [1.82, 2.24) is 14.5 Å². The average Bonchev–Trinajstić information content (AvgIpc) is 2.94. The molecule has 2 heterocycles. The molecule has 1 N–H and O–H groups in total. The first kappa shape index (κ1) is 14.6. The summed E-state index contributed by atoms with van der Waals surface area (Å²) in [5.41, 5.74) is 1.56. The van der Waals surface area contributed by atoms with Crippen LogP contribution in [0.15, 0.2) is 18.2 Å². The molecule has 1 aliphatic heterocycles. The van der Waals surface area contributed by atoms with Crippen LogP contribution in [-0.4, -0.2) is 32.0 Å². The van der Waals surface area contributed by atoms with Crippen LogP contribution in [0.4, 0.5) is 4.39 Å². The van der Waals surface area contributed by atoms with Gasteiger partial charge in [-0.25, -0.2) is 9.37 Å². The van der Waals surface area contributed by atoms with E-state index in [0.717, 1.165) is 18.9 Å². The van der Waals surface area contributed by atoms with Crippen molar-refractivity contribution < 1.29 is 14.3 Å². The van der Waals surface area contributed by atoms with E-state index in [1.54, 1.807) is 16.4 Å². The average molecular weight is 303 g/mol. The predicted molar refractivity (Wildman–Crippen MR) is 80.0 cm³/mol. The van der Waals surface area contributed by atoms with Gasteiger partial charge in [-0.1, -0.05) is 13.3 Å². The number of carbonyl (C=O) groups excluding carboxylic acids is 1. The Morgan fingerprint density at radius 2 is 2.18 bits per heavy atom. The number of unbranched alkanes of at least 4 members (excludes halogenated alkanes) is 1. The molecule has 0 saturated heterocycles. The third-order valence-electron chi connectivity index (χ3n) is 3.92. The van der Waals surface area contributed by atoms with Gasteiger partial charge in [-0.05, 0) is 25.5 Å². The molecule has 0 fully saturated rings. The molecule has 22 heavy (non-hydrogen) atoms. The normalized spacial score (nSPS) is 13.8. The second-order valence-electron chi connectivity index (χ2n) is 5.53. The zero-order chi connectivity index (χ0) is 15.9. The Balaban J connectivity index is 2.03. The number of rotatable bonds is 4. The Kier molecular flexibility index (Phi) is 3.60. The molecule has 0 unspecified atom stereocenters. The molecule has 1 aliphatic rings. The van der Waals surface area contributed by atoms with Crippen molar-refractivity contribution in [3.8, 4) is 17.0 Å². The summed E-state index contributed by atoms with van der Waals surface area (Å²) in [6.07, 6.45) is 1.93. The van der Waals surface area contributed by atoms with E-state index in [2.05, 4.69) is 11.9 Å². The minimum atomic E-state index is -0.523. The number of nitrogens with zero attached hydrogens (tertiary/aromatic N) is 3. The molecule has 3 rings (SSSR count). The first-order chi connectivity index (χ1) is 10.5. The summed E-state index contributed by atoms with van der Waals surface area (Å²) in [5, 5.41) is 9.35. The first-order valence-electron chi connectivity index (χ1n) is 7.38. The van der Waals surface area contributed by atoms with Crippen LogP contribution in [0.25, 0.3) is 11.3 Å². The smallest absolute Gasteiger partial charge is 0.291 e. The Labute approximate surface area is 128 Å². The van der Waals surface area contributed by atoms with Crippen molar-refractivity contribution in [3.63, 3.8) is 0 Å². The van der Waals surface area contributed by atoms with Crippen molar-refractivity contribution in [1.29, 1.82) is 0 Å². The van der Waals surface area contributed by atoms with Gasteiger partial charge in [0.05, 0.1) is 18.1 Å². The van der Waals surface area contributed by atoms with Crippen LogP contribution in [0.2, 0.25) is 0 Å². The summed E-state index contributed by atoms with van der Waals surface area (Å²) < 4.78 is 15.9. The number of aryl methyl sites for hydroxylation is 1. The molecule has 0 saturated carbocycles. The number of aromatic hydroxyl groups is 1. The SMILES string of the molecule is CCCCN1Cn2c(nc(C)c2-c2ccc(O)cc2F)C1=O. The molecule has 0 aliphatic carbocycles. The van der Waals surface area contributed by atoms with E-state index in [1.165, 1.54) is 12.1 Å². The molecule has 1 amide bonds. The van der Waals surface area contributed by atoms with E-state index in [9.17, 15) is 14.3 Å². The maximum atomic E-state index is 14.2. The van der Waals surface area contributed by atoms with Crippen molar-refractivity contribution in [2.24, 2.45) is 0 Å². The number of amides is 1. The fraction of sp³-hybridized carbons (Fsp3) is 0.375. The highest BCUT2D eigenvalue weighted by molar-refractivity contribution is 5.94. The molecule has 0 atom stereocenters. The molecule has 0 bridgehead atoms. The third-order valence-corrected chi connectivity index (χ3v) is 3.92. The Hall–Kier alpha value is -2.37. The van der Waals surface area contributed by atoms with Gasteiger partial charge in [0.25, 0.3) is 5.91 Å². The van der Waals surface area contributed by atoms with Crippen molar-refractivity contribution >= 4 is 5.91 Å². The molecule has 1 aromatic heterocycles. The van der Waals surface area contributed by atoms with Gasteiger partial charge in [-0.3, -0.25) is 4.79 Å². The lowest BCUT2D eigenvalue weighted by atomic mass is 10.1. The maximum absolute atomic E-state index is 14.2. The lowest BCUT2D eigenvalue weighted by Gasteiger charge is -2.15. The molecular weight excluding hydrogens is 285 g/mol. The second-order valence-corrected chi connectivity index (χ2v) is 5.53. The molecular formula is C16H18FN3O2. The molecule has 0 radical (unpaired) electrons. The van der Waals surface area contributed by atoms with Crippen LogP contribution in [0.5, 0.6) is 5.75 Å². The number of fused-ring (bicyclic) bond motifs is 1. The zero-order valence-electron chi connectivity index (χ0n) is 12.6. The summed E-state index contributed by atoms with van der Waals surface area (Å²) in [5.74, 6) is -0.399. The van der Waals surface area contributed by atoms with Gasteiger partial charge >= 0.3 is 0 Å². The fourth-order valence-corrected chi connectivity index (χ4v) is 2.81. The predicted octanol–water partition coefficient (Wildman–Crippen LogP) is 2.92. The van der Waals surface area contributed by atoms with Gasteiger partial charge in [0.15, 0.2) is 0 Å². The van der Waals surface area contributed by atoms with Gasteiger partial charge in [-0.15, -0.1) is 0 Å². The number of phenols is 1. The number of hydrogen-bond acceptors (Lipinski definition) is 3. The van der Waals surface area contributed by atoms with Crippen molar-refractivity contribution in [2.45, 2.75) is 33.4 Å². The molecule has 6 heteroatoms. The Bertz CT molecular complexity index is 739. The van der Waals surface area contributed by atoms with Crippen molar-refractivity contribution in [3.05, 3.63) is 35.5 Å². The second kappa shape index (κ2) is 5.44. The lowest BCUT2D eigenvalue weighted by molar-refractivity contribution is 0.0763. The highest BCUT2D eigenvalue weighted by Gasteiger charge is 2.32. The summed E-state index contributed by atoms with van der Waals surface area (Å²) >= 11 is 0. The topological polar surface area (TPSA) is 58.4 Å². The van der Waals surface area contributed by atoms with Crippen LogP contribution in [-0.2, 0) is 6.67 Å². The highest BCUT2D eigenvalue weighted by Crippen LogP contribution is 2.32. The van der Waals surface area contributed by atoms with Gasteiger partial charge < -0.3 is 14.6 Å². The Morgan fingerprint density at radius 1 is 1.41 bits per heavy atom. The lowest BCUT2D eigenvalue weighted by Crippen LogP contribution is -2.26. The van der Waals surface area contributed by atoms with Gasteiger partial charge in [0.2, 0.25) is 5.82 Å². The molecule has 2 aromatic rings. The largest absolute Gasteiger partial charge is 0.508 e. The zero-order valence-corrected chi connectivity index (χ0v) is 12.6. The number of phenolic OH excluding ortho intramolecular Hbond substituents is 1. The van der Waals surface area contributed by atoms with Crippen LogP contribution in [0.3, 0.4) is 0 Å². The molecule has 116 valence electrons. The molecule has 5 nitrogen and oxygen atoms in total. The number of imidazole rings is 1. The van der Waals surface area contributed by atoms with Crippen molar-refractivity contribution in [2.75, 3.05) is 6.54 Å². The quantitative estimate of drug-likeness (QED) is 0.945. The number of halogens is 1. The number of carbonyl (C=O) groups is 1. The summed E-state index contributed by atoms with van der Waals surface area (Å²) in [7, 11) is 0. The van der Waals surface area contributed by atoms with E-state index >= 15 is 0 Å². The van der Waals surface area contributed by atoms with E-state index in [4.69, 9.17) is 0 Å². The van der Waals surface area contributed by atoms with E-state index in [-0.39, 0.29) is 11.7 Å². The van der Waals surface area contributed by atoms with Crippen LogP contribution in [0.1, 0.15) is 36.1 Å². The van der Waals surface area contributed by atoms with Gasteiger partial charge in [0, 0.05) is 18.2 Å². The number of aromatic nitrogens is 2. The van der Waals surface area contributed by atoms with Crippen LogP contribution in [0, 0.1) is 12.7 Å². The standard InChI is InChI=1S/C16H18FN3O2/c1-3-4-7-19-9-20-14(10(2)18-15(20)16(19)22)12-6-5-11(21)8-13(12)17/h5-6,8,21H,3-4,7,9H2,1-2H3. The highest BCUT2D eigenvalue weighted by atomic mass is 19.1. The summed E-state index contributed by atoms with van der Waals surface area (Å²) in [6, 6.07) is 4.02. The maximum Gasteiger partial charge on any atom is 0.291 e. The van der Waals surface area contributed by atoms with E-state index < -0.39 is 5.82 Å². The summed E-state index contributed by atoms with van der Waals surface area (Å²) in [4.78, 5) is 18.4. The first-order valence-corrected chi connectivity index (χ1v) is 7.38. The van der Waals surface area contributed by atoms with E-state index in [1.807, 2.05) is 0 Å². The fourth-order valence-electron chi connectivity index (χ4n) is 2.81. The minimum Gasteiger partial charge on any atom is -0.508 e. The Morgan fingerprint density at radius 3 is 2.86 bits per heavy atom. The monoisotopic (exact) mass is 303 g/mol. The van der Waals surface area contributed by atoms with Gasteiger partial charge in [0.1, 0.15) is 11.6 Å². The number of hydrogen-bond donors (Lipinski definition) is 1. The van der Waals surface area contributed by atoms with E-state index in [0.29, 0.717) is 36.0 Å². The minimum absolute atomic E-state index is 0.109. The number of benzene rings is 1. The third kappa shape index (κ3) is 2.24. The van der Waals surface area contributed by atoms with Gasteiger partial charge in [-0.2, -0.15) is 0 Å². The van der Waals surface area contributed by atoms with Crippen LogP contribution < -0.4 is 0 Å². The summed E-state index contributed by atoms with van der Waals surface area (Å²) in [6.45, 7) is 4.90. The van der Waals surface area contributed by atoms with Crippen LogP contribution >= 0.6 is 0 Å². The molecule has 1 aromatic carbocycles.